The Morgan fingerprint density at radius 1 is 1.33 bits per heavy atom. The number of aliphatic hydroxyl groups is 2. The fraction of sp³-hybridized carbons (Fsp3) is 0.333. The third-order valence-corrected chi connectivity index (χ3v) is 2.34. The molecular weight excluding hydrogens is 228 g/mol. The van der Waals surface area contributed by atoms with E-state index in [2.05, 4.69) is 0 Å². The number of benzene rings is 1. The van der Waals surface area contributed by atoms with E-state index in [1.54, 1.807) is 0 Å². The number of aliphatic hydroxyl groups excluding tert-OH is 2. The van der Waals surface area contributed by atoms with Gasteiger partial charge in [0.25, 0.3) is 0 Å². The molecule has 0 saturated carbocycles. The summed E-state index contributed by atoms with van der Waals surface area (Å²) in [5, 5.41) is 17.9. The first kappa shape index (κ1) is 12.3. The predicted molar refractivity (Wildman–Crippen MR) is 51.4 cm³/mol. The van der Waals surface area contributed by atoms with Crippen molar-refractivity contribution in [1.82, 2.24) is 0 Å². The molecule has 0 amide bonds. The van der Waals surface area contributed by atoms with Gasteiger partial charge in [0, 0.05) is 12.1 Å². The summed E-state index contributed by atoms with van der Waals surface area (Å²) in [6.45, 7) is -0.240. The van der Waals surface area contributed by atoms with Crippen LogP contribution < -0.4 is 5.73 Å². The molecular formula is C9H10ClF2NO2. The van der Waals surface area contributed by atoms with Gasteiger partial charge < -0.3 is 15.9 Å². The monoisotopic (exact) mass is 237 g/mol. The molecule has 0 aliphatic carbocycles. The van der Waals surface area contributed by atoms with Gasteiger partial charge in [0.1, 0.15) is 16.9 Å². The van der Waals surface area contributed by atoms with Crippen LogP contribution in [0.25, 0.3) is 0 Å². The highest BCUT2D eigenvalue weighted by Crippen LogP contribution is 2.27. The minimum Gasteiger partial charge on any atom is -0.389 e. The second-order valence-electron chi connectivity index (χ2n) is 3.01. The highest BCUT2D eigenvalue weighted by Gasteiger charge is 2.23. The van der Waals surface area contributed by atoms with Crippen LogP contribution in [0.1, 0.15) is 11.7 Å². The van der Waals surface area contributed by atoms with Crippen molar-refractivity contribution < 1.29 is 19.0 Å². The normalized spacial score (nSPS) is 15.1. The molecule has 0 bridgehead atoms. The molecule has 0 radical (unpaired) electrons. The van der Waals surface area contributed by atoms with E-state index in [0.717, 1.165) is 12.1 Å². The molecule has 1 aromatic rings. The Morgan fingerprint density at radius 3 is 2.47 bits per heavy atom. The van der Waals surface area contributed by atoms with Gasteiger partial charge >= 0.3 is 0 Å². The molecule has 3 nitrogen and oxygen atoms in total. The maximum atomic E-state index is 13.3. The second-order valence-corrected chi connectivity index (χ2v) is 3.39. The molecule has 2 atom stereocenters. The van der Waals surface area contributed by atoms with Gasteiger partial charge in [0.2, 0.25) is 0 Å². The van der Waals surface area contributed by atoms with Gasteiger partial charge in [-0.1, -0.05) is 17.7 Å². The van der Waals surface area contributed by atoms with E-state index in [4.69, 9.17) is 17.3 Å². The molecule has 6 heteroatoms. The zero-order valence-corrected chi connectivity index (χ0v) is 8.38. The van der Waals surface area contributed by atoms with Crippen molar-refractivity contribution in [2.75, 3.05) is 6.54 Å². The molecule has 0 spiro atoms. The Morgan fingerprint density at radius 2 is 1.93 bits per heavy atom. The van der Waals surface area contributed by atoms with Crippen molar-refractivity contribution in [1.29, 1.82) is 0 Å². The van der Waals surface area contributed by atoms with Crippen LogP contribution in [0.5, 0.6) is 0 Å². The molecule has 15 heavy (non-hydrogen) atoms. The highest BCUT2D eigenvalue weighted by molar-refractivity contribution is 6.30. The average molecular weight is 238 g/mol. The lowest BCUT2D eigenvalue weighted by Crippen LogP contribution is -2.27. The van der Waals surface area contributed by atoms with Gasteiger partial charge in [-0.3, -0.25) is 0 Å². The zero-order valence-electron chi connectivity index (χ0n) is 7.62. The summed E-state index contributed by atoms with van der Waals surface area (Å²) in [5.74, 6) is -2.01. The average Bonchev–Trinajstić information content (AvgIpc) is 2.24. The number of halogens is 3. The van der Waals surface area contributed by atoms with Crippen LogP contribution >= 0.6 is 11.6 Å². The Balaban J connectivity index is 3.10. The molecule has 1 rings (SSSR count). The SMILES string of the molecule is NCC(O)C(O)c1ccc(F)c(Cl)c1F. The summed E-state index contributed by atoms with van der Waals surface area (Å²) < 4.78 is 26.1. The van der Waals surface area contributed by atoms with E-state index in [9.17, 15) is 19.0 Å². The van der Waals surface area contributed by atoms with Gasteiger partial charge in [0.05, 0.1) is 6.10 Å². The van der Waals surface area contributed by atoms with Crippen molar-refractivity contribution in [3.05, 3.63) is 34.4 Å². The first-order chi connectivity index (χ1) is 6.99. The molecule has 0 fully saturated rings. The fourth-order valence-corrected chi connectivity index (χ4v) is 1.28. The maximum absolute atomic E-state index is 13.3. The minimum absolute atomic E-state index is 0.240. The summed E-state index contributed by atoms with van der Waals surface area (Å²) in [7, 11) is 0. The van der Waals surface area contributed by atoms with Crippen LogP contribution in [0.2, 0.25) is 5.02 Å². The lowest BCUT2D eigenvalue weighted by molar-refractivity contribution is 0.0221. The third-order valence-electron chi connectivity index (χ3n) is 1.99. The summed E-state index contributed by atoms with van der Waals surface area (Å²) in [6.07, 6.45) is -2.84. The minimum atomic E-state index is -1.52. The molecule has 1 aromatic carbocycles. The van der Waals surface area contributed by atoms with Crippen LogP contribution in [-0.4, -0.2) is 22.9 Å². The summed E-state index contributed by atoms with van der Waals surface area (Å²) >= 11 is 5.30. The number of rotatable bonds is 3. The third kappa shape index (κ3) is 2.43. The van der Waals surface area contributed by atoms with Crippen LogP contribution in [0.3, 0.4) is 0 Å². The Kier molecular flexibility index (Phi) is 3.98. The van der Waals surface area contributed by atoms with Crippen molar-refractivity contribution in [3.8, 4) is 0 Å². The van der Waals surface area contributed by atoms with Crippen molar-refractivity contribution in [2.24, 2.45) is 5.73 Å². The first-order valence-corrected chi connectivity index (χ1v) is 4.56. The lowest BCUT2D eigenvalue weighted by atomic mass is 10.0. The van der Waals surface area contributed by atoms with E-state index in [1.807, 2.05) is 0 Å². The Hall–Kier alpha value is -0.750. The largest absolute Gasteiger partial charge is 0.389 e. The van der Waals surface area contributed by atoms with Crippen molar-refractivity contribution >= 4 is 11.6 Å². The zero-order chi connectivity index (χ0) is 11.6. The Labute approximate surface area is 90.1 Å². The number of nitrogens with two attached hydrogens (primary N) is 1. The van der Waals surface area contributed by atoms with E-state index in [1.165, 1.54) is 0 Å². The van der Waals surface area contributed by atoms with Crippen LogP contribution in [-0.2, 0) is 0 Å². The maximum Gasteiger partial charge on any atom is 0.150 e. The van der Waals surface area contributed by atoms with Gasteiger partial charge in [-0.2, -0.15) is 0 Å². The Bertz CT molecular complexity index is 362. The van der Waals surface area contributed by atoms with Crippen molar-refractivity contribution in [2.45, 2.75) is 12.2 Å². The number of hydrogen-bond acceptors (Lipinski definition) is 3. The molecule has 84 valence electrons. The lowest BCUT2D eigenvalue weighted by Gasteiger charge is -2.17. The van der Waals surface area contributed by atoms with Crippen molar-refractivity contribution in [3.63, 3.8) is 0 Å². The molecule has 0 aliphatic rings. The van der Waals surface area contributed by atoms with E-state index in [-0.39, 0.29) is 12.1 Å². The molecule has 4 N–H and O–H groups in total. The highest BCUT2D eigenvalue weighted by atomic mass is 35.5. The van der Waals surface area contributed by atoms with Crippen LogP contribution in [0.4, 0.5) is 8.78 Å². The molecule has 0 aromatic heterocycles. The quantitative estimate of drug-likeness (QED) is 0.687. The van der Waals surface area contributed by atoms with Crippen LogP contribution in [0, 0.1) is 11.6 Å². The van der Waals surface area contributed by atoms with Gasteiger partial charge in [0.15, 0.2) is 5.82 Å². The summed E-state index contributed by atoms with van der Waals surface area (Å²) in [6, 6.07) is 1.92. The van der Waals surface area contributed by atoms with Crippen LogP contribution in [0.15, 0.2) is 12.1 Å². The summed E-state index contributed by atoms with van der Waals surface area (Å²) in [5.41, 5.74) is 4.81. The van der Waals surface area contributed by atoms with E-state index >= 15 is 0 Å². The van der Waals surface area contributed by atoms with Gasteiger partial charge in [-0.25, -0.2) is 8.78 Å². The second kappa shape index (κ2) is 4.85. The predicted octanol–water partition coefficient (Wildman–Crippen LogP) is 0.971. The first-order valence-electron chi connectivity index (χ1n) is 4.18. The summed E-state index contributed by atoms with van der Waals surface area (Å²) in [4.78, 5) is 0. The topological polar surface area (TPSA) is 66.5 Å². The molecule has 2 unspecified atom stereocenters. The van der Waals surface area contributed by atoms with Gasteiger partial charge in [-0.05, 0) is 6.07 Å². The smallest absolute Gasteiger partial charge is 0.150 e. The van der Waals surface area contributed by atoms with E-state index in [0.29, 0.717) is 0 Å². The molecule has 0 heterocycles. The molecule has 0 saturated heterocycles. The fourth-order valence-electron chi connectivity index (χ4n) is 1.11. The van der Waals surface area contributed by atoms with E-state index < -0.39 is 28.9 Å². The van der Waals surface area contributed by atoms with Gasteiger partial charge in [-0.15, -0.1) is 0 Å². The number of hydrogen-bond donors (Lipinski definition) is 3. The molecule has 0 aliphatic heterocycles. The standard InChI is InChI=1S/C9H10ClF2NO2/c10-7-5(11)2-1-4(8(7)12)9(15)6(14)3-13/h1-2,6,9,14-15H,3,13H2.